The zero-order valence-corrected chi connectivity index (χ0v) is 13.0. The number of hydrogen-bond acceptors (Lipinski definition) is 4. The van der Waals surface area contributed by atoms with Gasteiger partial charge in [-0.15, -0.1) is 11.3 Å². The lowest BCUT2D eigenvalue weighted by molar-refractivity contribution is -0.138. The fourth-order valence-corrected chi connectivity index (χ4v) is 3.21. The largest absolute Gasteiger partial charge is 0.480 e. The highest BCUT2D eigenvalue weighted by molar-refractivity contribution is 7.09. The van der Waals surface area contributed by atoms with Crippen LogP contribution in [0, 0.1) is 0 Å². The van der Waals surface area contributed by atoms with Crippen molar-refractivity contribution in [3.05, 3.63) is 22.4 Å². The Labute approximate surface area is 128 Å². The van der Waals surface area contributed by atoms with Gasteiger partial charge in [-0.3, -0.25) is 9.69 Å². The number of hydrogen-bond donors (Lipinski definition) is 1. The van der Waals surface area contributed by atoms with Crippen molar-refractivity contribution in [2.24, 2.45) is 0 Å². The average molecular weight is 311 g/mol. The van der Waals surface area contributed by atoms with Gasteiger partial charge in [0, 0.05) is 38.1 Å². The van der Waals surface area contributed by atoms with Crippen LogP contribution in [-0.4, -0.2) is 71.6 Å². The van der Waals surface area contributed by atoms with Crippen molar-refractivity contribution in [3.8, 4) is 0 Å². The summed E-state index contributed by atoms with van der Waals surface area (Å²) in [6.07, 6.45) is 0.811. The maximum absolute atomic E-state index is 12.4. The van der Waals surface area contributed by atoms with E-state index >= 15 is 0 Å². The van der Waals surface area contributed by atoms with E-state index in [-0.39, 0.29) is 12.6 Å². The number of rotatable bonds is 4. The molecule has 1 aromatic rings. The van der Waals surface area contributed by atoms with Crippen molar-refractivity contribution < 1.29 is 14.7 Å². The van der Waals surface area contributed by atoms with Crippen molar-refractivity contribution in [1.82, 2.24) is 14.7 Å². The molecular weight excluding hydrogens is 290 g/mol. The number of thiophene rings is 1. The predicted octanol–water partition coefficient (Wildman–Crippen LogP) is 1.39. The van der Waals surface area contributed by atoms with E-state index in [0.29, 0.717) is 26.2 Å². The second-order valence-electron chi connectivity index (χ2n) is 5.23. The van der Waals surface area contributed by atoms with Gasteiger partial charge in [0.2, 0.25) is 0 Å². The number of nitrogens with zero attached hydrogens (tertiary/aromatic N) is 3. The summed E-state index contributed by atoms with van der Waals surface area (Å²) in [5.41, 5.74) is 0. The average Bonchev–Trinajstić information content (AvgIpc) is 2.83. The summed E-state index contributed by atoms with van der Waals surface area (Å²) in [5, 5.41) is 10.8. The zero-order chi connectivity index (χ0) is 15.2. The van der Waals surface area contributed by atoms with Crippen LogP contribution in [0.5, 0.6) is 0 Å². The molecule has 1 aliphatic heterocycles. The van der Waals surface area contributed by atoms with E-state index in [4.69, 9.17) is 5.11 Å². The van der Waals surface area contributed by atoms with E-state index in [0.717, 1.165) is 17.8 Å². The third kappa shape index (κ3) is 4.71. The van der Waals surface area contributed by atoms with E-state index in [1.54, 1.807) is 16.2 Å². The van der Waals surface area contributed by atoms with E-state index in [1.807, 2.05) is 34.4 Å². The fraction of sp³-hybridized carbons (Fsp3) is 0.571. The van der Waals surface area contributed by atoms with Gasteiger partial charge in [-0.2, -0.15) is 0 Å². The second kappa shape index (κ2) is 7.42. The molecule has 1 N–H and O–H groups in total. The standard InChI is InChI=1S/C14H21N3O3S/c1-15(10-12-4-2-9-21-12)14(20)17-6-3-5-16(7-8-17)11-13(18)19/h2,4,9H,3,5-8,10-11H2,1H3,(H,18,19). The number of aliphatic carboxylic acids is 1. The lowest BCUT2D eigenvalue weighted by Gasteiger charge is -2.27. The molecule has 2 heterocycles. The van der Waals surface area contributed by atoms with Gasteiger partial charge in [-0.05, 0) is 17.9 Å². The summed E-state index contributed by atoms with van der Waals surface area (Å²) >= 11 is 1.64. The molecule has 6 nitrogen and oxygen atoms in total. The number of carboxylic acid groups (broad SMARTS) is 1. The molecule has 0 atom stereocenters. The van der Waals surface area contributed by atoms with Crippen molar-refractivity contribution in [1.29, 1.82) is 0 Å². The highest BCUT2D eigenvalue weighted by Gasteiger charge is 2.22. The molecule has 1 aliphatic rings. The Hall–Kier alpha value is -1.60. The molecular formula is C14H21N3O3S. The molecule has 0 spiro atoms. The van der Waals surface area contributed by atoms with Crippen LogP contribution in [0.3, 0.4) is 0 Å². The normalized spacial score (nSPS) is 16.5. The third-order valence-corrected chi connectivity index (χ3v) is 4.38. The lowest BCUT2D eigenvalue weighted by Crippen LogP contribution is -2.43. The minimum Gasteiger partial charge on any atom is -0.480 e. The number of carboxylic acids is 1. The first-order valence-corrected chi connectivity index (χ1v) is 7.91. The van der Waals surface area contributed by atoms with Gasteiger partial charge in [0.15, 0.2) is 0 Å². The molecule has 2 rings (SSSR count). The Morgan fingerprint density at radius 2 is 2.14 bits per heavy atom. The highest BCUT2D eigenvalue weighted by atomic mass is 32.1. The van der Waals surface area contributed by atoms with Gasteiger partial charge in [0.05, 0.1) is 13.1 Å². The van der Waals surface area contributed by atoms with Gasteiger partial charge < -0.3 is 14.9 Å². The van der Waals surface area contributed by atoms with Crippen molar-refractivity contribution >= 4 is 23.3 Å². The summed E-state index contributed by atoms with van der Waals surface area (Å²) in [7, 11) is 1.81. The molecule has 1 saturated heterocycles. The fourth-order valence-electron chi connectivity index (χ4n) is 2.46. The first kappa shape index (κ1) is 15.8. The molecule has 1 aromatic heterocycles. The predicted molar refractivity (Wildman–Crippen MR) is 81.4 cm³/mol. The number of carbonyl (C=O) groups excluding carboxylic acids is 1. The van der Waals surface area contributed by atoms with Crippen LogP contribution >= 0.6 is 11.3 Å². The Bertz CT molecular complexity index is 478. The Morgan fingerprint density at radius 1 is 1.33 bits per heavy atom. The van der Waals surface area contributed by atoms with E-state index in [9.17, 15) is 9.59 Å². The van der Waals surface area contributed by atoms with Crippen LogP contribution in [0.1, 0.15) is 11.3 Å². The summed E-state index contributed by atoms with van der Waals surface area (Å²) in [6, 6.07) is 4.01. The Kier molecular flexibility index (Phi) is 5.58. The van der Waals surface area contributed by atoms with Crippen LogP contribution in [0.4, 0.5) is 4.79 Å². The molecule has 7 heteroatoms. The SMILES string of the molecule is CN(Cc1cccs1)C(=O)N1CCCN(CC(=O)O)CC1. The molecule has 0 saturated carbocycles. The number of urea groups is 1. The van der Waals surface area contributed by atoms with Gasteiger partial charge in [0.25, 0.3) is 0 Å². The van der Waals surface area contributed by atoms with E-state index < -0.39 is 5.97 Å². The lowest BCUT2D eigenvalue weighted by atomic mass is 10.4. The van der Waals surface area contributed by atoms with Crippen LogP contribution in [0.15, 0.2) is 17.5 Å². The summed E-state index contributed by atoms with van der Waals surface area (Å²) in [6.45, 7) is 3.28. The monoisotopic (exact) mass is 311 g/mol. The summed E-state index contributed by atoms with van der Waals surface area (Å²) < 4.78 is 0. The minimum absolute atomic E-state index is 0.0144. The molecule has 0 unspecified atom stereocenters. The number of carbonyl (C=O) groups is 2. The molecule has 0 radical (unpaired) electrons. The first-order valence-electron chi connectivity index (χ1n) is 7.03. The van der Waals surface area contributed by atoms with Crippen LogP contribution in [0.25, 0.3) is 0 Å². The Balaban J connectivity index is 1.86. The first-order chi connectivity index (χ1) is 10.1. The zero-order valence-electron chi connectivity index (χ0n) is 12.2. The van der Waals surface area contributed by atoms with Gasteiger partial charge >= 0.3 is 12.0 Å². The Morgan fingerprint density at radius 3 is 2.81 bits per heavy atom. The smallest absolute Gasteiger partial charge is 0.320 e. The van der Waals surface area contributed by atoms with Crippen molar-refractivity contribution in [2.75, 3.05) is 39.8 Å². The van der Waals surface area contributed by atoms with Crippen molar-refractivity contribution in [2.45, 2.75) is 13.0 Å². The van der Waals surface area contributed by atoms with Gasteiger partial charge in [-0.25, -0.2) is 4.79 Å². The topological polar surface area (TPSA) is 64.1 Å². The molecule has 2 amide bonds. The summed E-state index contributed by atoms with van der Waals surface area (Å²) in [4.78, 5) is 29.8. The minimum atomic E-state index is -0.815. The third-order valence-electron chi connectivity index (χ3n) is 3.52. The van der Waals surface area contributed by atoms with E-state index in [1.165, 1.54) is 0 Å². The van der Waals surface area contributed by atoms with Gasteiger partial charge in [0.1, 0.15) is 0 Å². The van der Waals surface area contributed by atoms with Crippen LogP contribution in [-0.2, 0) is 11.3 Å². The van der Waals surface area contributed by atoms with Crippen LogP contribution in [0.2, 0.25) is 0 Å². The maximum atomic E-state index is 12.4. The van der Waals surface area contributed by atoms with E-state index in [2.05, 4.69) is 0 Å². The summed E-state index contributed by atoms with van der Waals surface area (Å²) in [5.74, 6) is -0.815. The van der Waals surface area contributed by atoms with Crippen molar-refractivity contribution in [3.63, 3.8) is 0 Å². The molecule has 0 aliphatic carbocycles. The molecule has 21 heavy (non-hydrogen) atoms. The van der Waals surface area contributed by atoms with Crippen LogP contribution < -0.4 is 0 Å². The van der Waals surface area contributed by atoms with Gasteiger partial charge in [-0.1, -0.05) is 6.07 Å². The second-order valence-corrected chi connectivity index (χ2v) is 6.26. The molecule has 0 aromatic carbocycles. The molecule has 0 bridgehead atoms. The number of amides is 2. The molecule has 116 valence electrons. The highest BCUT2D eigenvalue weighted by Crippen LogP contribution is 2.13. The molecule has 1 fully saturated rings. The quantitative estimate of drug-likeness (QED) is 0.913. The maximum Gasteiger partial charge on any atom is 0.320 e.